The number of pyridine rings is 1. The topological polar surface area (TPSA) is 94.1 Å². The van der Waals surface area contributed by atoms with Gasteiger partial charge in [0, 0.05) is 0 Å². The first-order valence-corrected chi connectivity index (χ1v) is 5.10. The molecule has 0 aliphatic rings. The van der Waals surface area contributed by atoms with Gasteiger partial charge in [0.15, 0.2) is 0 Å². The van der Waals surface area contributed by atoms with Gasteiger partial charge in [-0.25, -0.2) is 13.8 Å². The van der Waals surface area contributed by atoms with Crippen molar-refractivity contribution in [3.05, 3.63) is 52.1 Å². The predicted molar refractivity (Wildman–Crippen MR) is 64.9 cm³/mol. The number of nitrogens with zero attached hydrogens (tertiary/aromatic N) is 2. The molecule has 0 fully saturated rings. The second kappa shape index (κ2) is 4.84. The normalized spacial score (nSPS) is 10.2. The highest BCUT2D eigenvalue weighted by atomic mass is 19.1. The van der Waals surface area contributed by atoms with Crippen molar-refractivity contribution in [3.8, 4) is 0 Å². The average molecular weight is 266 g/mol. The van der Waals surface area contributed by atoms with Gasteiger partial charge >= 0.3 is 0 Å². The Kier molecular flexibility index (Phi) is 3.23. The van der Waals surface area contributed by atoms with E-state index in [4.69, 9.17) is 5.73 Å². The molecule has 6 nitrogen and oxygen atoms in total. The van der Waals surface area contributed by atoms with E-state index in [-0.39, 0.29) is 17.3 Å². The first-order chi connectivity index (χ1) is 8.97. The van der Waals surface area contributed by atoms with Gasteiger partial charge in [-0.15, -0.1) is 0 Å². The number of halogens is 2. The van der Waals surface area contributed by atoms with Gasteiger partial charge in [0.2, 0.25) is 0 Å². The summed E-state index contributed by atoms with van der Waals surface area (Å²) in [6.07, 6.45) is 0. The van der Waals surface area contributed by atoms with Crippen LogP contribution in [0.4, 0.5) is 31.8 Å². The predicted octanol–water partition coefficient (Wildman–Crippen LogP) is 2.59. The molecular weight excluding hydrogens is 258 g/mol. The second-order valence-electron chi connectivity index (χ2n) is 3.61. The van der Waals surface area contributed by atoms with Crippen molar-refractivity contribution >= 4 is 23.0 Å². The molecule has 1 heterocycles. The van der Waals surface area contributed by atoms with Gasteiger partial charge in [0.05, 0.1) is 17.1 Å². The maximum Gasteiger partial charge on any atom is 0.276 e. The highest BCUT2D eigenvalue weighted by Crippen LogP contribution is 2.25. The van der Waals surface area contributed by atoms with Crippen molar-refractivity contribution in [2.24, 2.45) is 0 Å². The number of hydrogen-bond acceptors (Lipinski definition) is 5. The van der Waals surface area contributed by atoms with Crippen LogP contribution < -0.4 is 11.1 Å². The molecule has 3 N–H and O–H groups in total. The van der Waals surface area contributed by atoms with E-state index >= 15 is 0 Å². The zero-order valence-corrected chi connectivity index (χ0v) is 9.43. The molecule has 0 bridgehead atoms. The summed E-state index contributed by atoms with van der Waals surface area (Å²) in [4.78, 5) is 13.7. The molecule has 0 spiro atoms. The maximum atomic E-state index is 13.4. The highest BCUT2D eigenvalue weighted by Gasteiger charge is 2.13. The molecule has 0 unspecified atom stereocenters. The lowest BCUT2D eigenvalue weighted by Gasteiger charge is -2.08. The minimum absolute atomic E-state index is 0.115. The largest absolute Gasteiger partial charge is 0.383 e. The van der Waals surface area contributed by atoms with E-state index in [0.717, 1.165) is 24.3 Å². The van der Waals surface area contributed by atoms with Gasteiger partial charge in [-0.05, 0) is 12.1 Å². The summed E-state index contributed by atoms with van der Waals surface area (Å²) in [5, 5.41) is 13.0. The van der Waals surface area contributed by atoms with Gasteiger partial charge in [0.1, 0.15) is 29.0 Å². The number of nitrogen functional groups attached to an aromatic ring is 1. The molecule has 0 saturated carbocycles. The summed E-state index contributed by atoms with van der Waals surface area (Å²) in [5.41, 5.74) is 4.61. The summed E-state index contributed by atoms with van der Waals surface area (Å²) in [6, 6.07) is 5.37. The summed E-state index contributed by atoms with van der Waals surface area (Å²) in [5.74, 6) is -1.93. The van der Waals surface area contributed by atoms with Crippen LogP contribution in [0.3, 0.4) is 0 Å². The number of aromatic nitrogens is 1. The number of nitro groups is 1. The molecule has 19 heavy (non-hydrogen) atoms. The van der Waals surface area contributed by atoms with Crippen LogP contribution in [0.25, 0.3) is 0 Å². The van der Waals surface area contributed by atoms with Crippen LogP contribution in [-0.2, 0) is 0 Å². The fourth-order valence-corrected chi connectivity index (χ4v) is 1.45. The van der Waals surface area contributed by atoms with Gasteiger partial charge < -0.3 is 11.1 Å². The minimum Gasteiger partial charge on any atom is -0.383 e. The Morgan fingerprint density at radius 1 is 1.26 bits per heavy atom. The number of hydrogen-bond donors (Lipinski definition) is 2. The maximum absolute atomic E-state index is 13.4. The first kappa shape index (κ1) is 12.7. The molecule has 8 heteroatoms. The fraction of sp³-hybridized carbons (Fsp3) is 0. The van der Waals surface area contributed by atoms with E-state index in [1.165, 1.54) is 6.07 Å². The van der Waals surface area contributed by atoms with Gasteiger partial charge in [-0.3, -0.25) is 10.1 Å². The Morgan fingerprint density at radius 2 is 1.89 bits per heavy atom. The molecule has 0 radical (unpaired) electrons. The lowest BCUT2D eigenvalue weighted by atomic mass is 10.3. The molecule has 0 amide bonds. The van der Waals surface area contributed by atoms with E-state index < -0.39 is 22.2 Å². The van der Waals surface area contributed by atoms with Crippen LogP contribution in [0.5, 0.6) is 0 Å². The highest BCUT2D eigenvalue weighted by molar-refractivity contribution is 5.62. The Morgan fingerprint density at radius 3 is 2.47 bits per heavy atom. The van der Waals surface area contributed by atoms with Crippen LogP contribution in [0.2, 0.25) is 0 Å². The lowest BCUT2D eigenvalue weighted by molar-refractivity contribution is -0.384. The van der Waals surface area contributed by atoms with E-state index in [9.17, 15) is 18.9 Å². The van der Waals surface area contributed by atoms with Crippen LogP contribution in [0.1, 0.15) is 0 Å². The summed E-state index contributed by atoms with van der Waals surface area (Å²) in [6.45, 7) is 0. The number of anilines is 3. The van der Waals surface area contributed by atoms with E-state index in [1.807, 2.05) is 0 Å². The zero-order valence-electron chi connectivity index (χ0n) is 9.43. The SMILES string of the molecule is Nc1cc([N+](=O)[O-])cc(Nc2c(F)cccc2F)n1. The van der Waals surface area contributed by atoms with Gasteiger partial charge in [-0.1, -0.05) is 6.07 Å². The quantitative estimate of drug-likeness (QED) is 0.657. The molecule has 1 aromatic heterocycles. The molecule has 2 rings (SSSR count). The fourth-order valence-electron chi connectivity index (χ4n) is 1.45. The molecule has 2 aromatic rings. The Labute approximate surface area is 106 Å². The van der Waals surface area contributed by atoms with E-state index in [1.54, 1.807) is 0 Å². The minimum atomic E-state index is -0.841. The Balaban J connectivity index is 2.41. The van der Waals surface area contributed by atoms with Gasteiger partial charge in [-0.2, -0.15) is 0 Å². The third-order valence-corrected chi connectivity index (χ3v) is 2.26. The molecule has 0 saturated heterocycles. The number of benzene rings is 1. The molecular formula is C11H8F2N4O2. The molecule has 0 aliphatic carbocycles. The second-order valence-corrected chi connectivity index (χ2v) is 3.61. The van der Waals surface area contributed by atoms with Crippen molar-refractivity contribution in [1.82, 2.24) is 4.98 Å². The lowest BCUT2D eigenvalue weighted by Crippen LogP contribution is -2.02. The smallest absolute Gasteiger partial charge is 0.276 e. The van der Waals surface area contributed by atoms with Crippen molar-refractivity contribution in [3.63, 3.8) is 0 Å². The van der Waals surface area contributed by atoms with Crippen LogP contribution in [0.15, 0.2) is 30.3 Å². The Bertz CT molecular complexity index is 628. The summed E-state index contributed by atoms with van der Waals surface area (Å²) in [7, 11) is 0. The van der Waals surface area contributed by atoms with Crippen LogP contribution >= 0.6 is 0 Å². The summed E-state index contributed by atoms with van der Waals surface area (Å²) >= 11 is 0. The van der Waals surface area contributed by atoms with Crippen molar-refractivity contribution in [2.45, 2.75) is 0 Å². The van der Waals surface area contributed by atoms with Crippen molar-refractivity contribution in [1.29, 1.82) is 0 Å². The number of rotatable bonds is 3. The van der Waals surface area contributed by atoms with Crippen molar-refractivity contribution < 1.29 is 13.7 Å². The number of para-hydroxylation sites is 1. The van der Waals surface area contributed by atoms with E-state index in [2.05, 4.69) is 10.3 Å². The first-order valence-electron chi connectivity index (χ1n) is 5.10. The van der Waals surface area contributed by atoms with E-state index in [0.29, 0.717) is 0 Å². The zero-order chi connectivity index (χ0) is 14.0. The summed E-state index contributed by atoms with van der Waals surface area (Å²) < 4.78 is 26.8. The Hall–Kier alpha value is -2.77. The van der Waals surface area contributed by atoms with Crippen molar-refractivity contribution in [2.75, 3.05) is 11.1 Å². The molecule has 0 aliphatic heterocycles. The van der Waals surface area contributed by atoms with Gasteiger partial charge in [0.25, 0.3) is 5.69 Å². The molecule has 0 atom stereocenters. The number of nitrogens with two attached hydrogens (primary N) is 1. The van der Waals surface area contributed by atoms with Crippen LogP contribution in [0, 0.1) is 21.7 Å². The third kappa shape index (κ3) is 2.73. The monoisotopic (exact) mass is 266 g/mol. The molecule has 1 aromatic carbocycles. The van der Waals surface area contributed by atoms with Crippen LogP contribution in [-0.4, -0.2) is 9.91 Å². The third-order valence-electron chi connectivity index (χ3n) is 2.26. The number of nitrogens with one attached hydrogen (secondary N) is 1. The standard InChI is InChI=1S/C11H8F2N4O2/c12-7-2-1-3-8(13)11(7)16-10-5-6(17(18)19)4-9(14)15-10/h1-5H,(H3,14,15,16). The molecule has 98 valence electrons. The average Bonchev–Trinajstić information content (AvgIpc) is 2.33.